The summed E-state index contributed by atoms with van der Waals surface area (Å²) in [5.74, 6) is -1.34. The van der Waals surface area contributed by atoms with E-state index in [2.05, 4.69) is 16.0 Å². The lowest BCUT2D eigenvalue weighted by molar-refractivity contribution is -0.144. The fourth-order valence-corrected chi connectivity index (χ4v) is 4.10. The Kier molecular flexibility index (Phi) is 11.8. The summed E-state index contributed by atoms with van der Waals surface area (Å²) < 4.78 is 5.29. The van der Waals surface area contributed by atoms with Crippen LogP contribution in [0.15, 0.2) is 0 Å². The summed E-state index contributed by atoms with van der Waals surface area (Å²) in [6.45, 7) is 13.5. The Balaban J connectivity index is 2.54. The minimum absolute atomic E-state index is 0.138. The third-order valence-corrected chi connectivity index (χ3v) is 6.27. The molecule has 0 unspecified atom stereocenters. The van der Waals surface area contributed by atoms with Gasteiger partial charge in [0.15, 0.2) is 0 Å². The number of alkyl carbamates (subject to hydrolysis) is 1. The van der Waals surface area contributed by atoms with Gasteiger partial charge in [-0.2, -0.15) is 0 Å². The molecule has 0 aromatic rings. The molecule has 1 rings (SSSR count). The molecule has 0 aliphatic heterocycles. The van der Waals surface area contributed by atoms with E-state index in [0.717, 1.165) is 12.8 Å². The predicted molar refractivity (Wildman–Crippen MR) is 130 cm³/mol. The van der Waals surface area contributed by atoms with Crippen LogP contribution in [0.2, 0.25) is 0 Å². The number of hydrogen-bond acceptors (Lipinski definition) is 5. The van der Waals surface area contributed by atoms with Crippen LogP contribution >= 0.6 is 0 Å². The van der Waals surface area contributed by atoms with Crippen LogP contribution in [-0.2, 0) is 19.1 Å². The smallest absolute Gasteiger partial charge is 0.408 e. The maximum Gasteiger partial charge on any atom is 0.408 e. The summed E-state index contributed by atoms with van der Waals surface area (Å²) in [5, 5.41) is 17.7. The van der Waals surface area contributed by atoms with Gasteiger partial charge in [0.05, 0.1) is 0 Å². The second-order valence-corrected chi connectivity index (χ2v) is 11.0. The van der Waals surface area contributed by atoms with E-state index in [1.165, 1.54) is 0 Å². The molecule has 0 heterocycles. The molecule has 0 spiro atoms. The number of hydrogen-bond donors (Lipinski definition) is 4. The topological polar surface area (TPSA) is 134 Å². The largest absolute Gasteiger partial charge is 0.480 e. The van der Waals surface area contributed by atoms with Crippen molar-refractivity contribution in [2.24, 2.45) is 23.7 Å². The highest BCUT2D eigenvalue weighted by Crippen LogP contribution is 2.29. The maximum absolute atomic E-state index is 12.8. The van der Waals surface area contributed by atoms with Crippen molar-refractivity contribution in [1.29, 1.82) is 0 Å². The summed E-state index contributed by atoms with van der Waals surface area (Å²) >= 11 is 0. The normalized spacial score (nSPS) is 21.2. The fraction of sp³-hybridized carbons (Fsp3) is 0.840. The number of aliphatic carboxylic acids is 1. The van der Waals surface area contributed by atoms with Crippen LogP contribution in [0.4, 0.5) is 4.79 Å². The number of carbonyl (C=O) groups is 4. The number of carboxylic acids is 1. The molecule has 0 aromatic carbocycles. The molecule has 1 fully saturated rings. The SMILES string of the molecule is CC[C@@H](C)[C@H](NC(=O)C1CCC(CNC(=O)[C@@H](CC(C)C)NC(=O)OC(C)(C)C)CC1)C(=O)O. The van der Waals surface area contributed by atoms with Crippen LogP contribution in [0.3, 0.4) is 0 Å². The van der Waals surface area contributed by atoms with Crippen LogP contribution in [-0.4, -0.2) is 53.2 Å². The number of amides is 3. The van der Waals surface area contributed by atoms with Crippen molar-refractivity contribution in [1.82, 2.24) is 16.0 Å². The van der Waals surface area contributed by atoms with E-state index in [9.17, 15) is 24.3 Å². The highest BCUT2D eigenvalue weighted by atomic mass is 16.6. The van der Waals surface area contributed by atoms with Crippen molar-refractivity contribution >= 4 is 23.9 Å². The van der Waals surface area contributed by atoms with Crippen molar-refractivity contribution in [3.8, 4) is 0 Å². The Hall–Kier alpha value is -2.32. The van der Waals surface area contributed by atoms with Gasteiger partial charge in [-0.1, -0.05) is 34.1 Å². The van der Waals surface area contributed by atoms with Crippen LogP contribution in [0.5, 0.6) is 0 Å². The molecule has 0 bridgehead atoms. The zero-order valence-electron chi connectivity index (χ0n) is 21.9. The Bertz CT molecular complexity index is 695. The van der Waals surface area contributed by atoms with Crippen molar-refractivity contribution in [2.45, 2.75) is 105 Å². The highest BCUT2D eigenvalue weighted by Gasteiger charge is 2.32. The first kappa shape index (κ1) is 29.7. The van der Waals surface area contributed by atoms with Gasteiger partial charge in [-0.25, -0.2) is 9.59 Å². The monoisotopic (exact) mass is 483 g/mol. The third-order valence-electron chi connectivity index (χ3n) is 6.27. The first-order valence-electron chi connectivity index (χ1n) is 12.5. The molecular weight excluding hydrogens is 438 g/mol. The van der Waals surface area contributed by atoms with Crippen molar-refractivity contribution in [2.75, 3.05) is 6.54 Å². The van der Waals surface area contributed by atoms with Crippen LogP contribution in [0.1, 0.15) is 87.0 Å². The summed E-state index contributed by atoms with van der Waals surface area (Å²) in [7, 11) is 0. The van der Waals surface area contributed by atoms with Crippen molar-refractivity contribution in [3.63, 3.8) is 0 Å². The molecule has 3 amide bonds. The van der Waals surface area contributed by atoms with Gasteiger partial charge in [0, 0.05) is 12.5 Å². The van der Waals surface area contributed by atoms with E-state index in [1.807, 2.05) is 27.7 Å². The highest BCUT2D eigenvalue weighted by molar-refractivity contribution is 5.86. The molecular formula is C25H45N3O6. The molecule has 1 aliphatic carbocycles. The molecule has 0 saturated heterocycles. The van der Waals surface area contributed by atoms with Gasteiger partial charge >= 0.3 is 12.1 Å². The van der Waals surface area contributed by atoms with Gasteiger partial charge in [0.1, 0.15) is 17.7 Å². The Morgan fingerprint density at radius 3 is 2.06 bits per heavy atom. The minimum Gasteiger partial charge on any atom is -0.480 e. The standard InChI is InChI=1S/C25H45N3O6/c1-8-16(4)20(23(31)32)28-21(29)18-11-9-17(10-12-18)14-26-22(30)19(13-15(2)3)27-24(33)34-25(5,6)7/h15-20H,8-14H2,1-7H3,(H,26,30)(H,27,33)(H,28,29)(H,31,32)/t16-,17?,18?,19-,20+/m1/s1. The zero-order valence-corrected chi connectivity index (χ0v) is 21.9. The molecule has 196 valence electrons. The lowest BCUT2D eigenvalue weighted by Gasteiger charge is -2.30. The number of carbonyl (C=O) groups excluding carboxylic acids is 3. The summed E-state index contributed by atoms with van der Waals surface area (Å²) in [5.41, 5.74) is -0.646. The average molecular weight is 484 g/mol. The average Bonchev–Trinajstić information content (AvgIpc) is 2.73. The molecule has 3 atom stereocenters. The Labute approximate surface area is 204 Å². The lowest BCUT2D eigenvalue weighted by Crippen LogP contribution is -2.50. The van der Waals surface area contributed by atoms with E-state index in [4.69, 9.17) is 4.74 Å². The van der Waals surface area contributed by atoms with E-state index < -0.39 is 29.7 Å². The first-order valence-corrected chi connectivity index (χ1v) is 12.5. The van der Waals surface area contributed by atoms with Crippen LogP contribution < -0.4 is 16.0 Å². The second kappa shape index (κ2) is 13.5. The number of rotatable bonds is 11. The van der Waals surface area contributed by atoms with E-state index in [1.54, 1.807) is 20.8 Å². The summed E-state index contributed by atoms with van der Waals surface area (Å²) in [4.78, 5) is 49.0. The van der Waals surface area contributed by atoms with Gasteiger partial charge < -0.3 is 25.8 Å². The summed E-state index contributed by atoms with van der Waals surface area (Å²) in [6.07, 6.45) is 3.41. The Morgan fingerprint density at radius 1 is 1.00 bits per heavy atom. The number of nitrogens with one attached hydrogen (secondary N) is 3. The van der Waals surface area contributed by atoms with E-state index >= 15 is 0 Å². The van der Waals surface area contributed by atoms with Gasteiger partial charge in [0.25, 0.3) is 0 Å². The molecule has 0 radical (unpaired) electrons. The quantitative estimate of drug-likeness (QED) is 0.356. The second-order valence-electron chi connectivity index (χ2n) is 11.0. The predicted octanol–water partition coefficient (Wildman–Crippen LogP) is 3.46. The third kappa shape index (κ3) is 10.7. The van der Waals surface area contributed by atoms with E-state index in [-0.39, 0.29) is 35.5 Å². The lowest BCUT2D eigenvalue weighted by atomic mass is 9.81. The van der Waals surface area contributed by atoms with E-state index in [0.29, 0.717) is 32.2 Å². The first-order chi connectivity index (χ1) is 15.7. The molecule has 4 N–H and O–H groups in total. The molecule has 34 heavy (non-hydrogen) atoms. The maximum atomic E-state index is 12.8. The fourth-order valence-electron chi connectivity index (χ4n) is 4.10. The Morgan fingerprint density at radius 2 is 1.59 bits per heavy atom. The van der Waals surface area contributed by atoms with Gasteiger partial charge in [-0.3, -0.25) is 9.59 Å². The molecule has 1 saturated carbocycles. The van der Waals surface area contributed by atoms with Crippen LogP contribution in [0, 0.1) is 23.7 Å². The van der Waals surface area contributed by atoms with Gasteiger partial charge in [-0.05, 0) is 70.6 Å². The van der Waals surface area contributed by atoms with Gasteiger partial charge in [-0.15, -0.1) is 0 Å². The summed E-state index contributed by atoms with van der Waals surface area (Å²) in [6, 6.07) is -1.55. The number of ether oxygens (including phenoxy) is 1. The zero-order chi connectivity index (χ0) is 26.1. The molecule has 9 nitrogen and oxygen atoms in total. The molecule has 0 aromatic heterocycles. The molecule has 1 aliphatic rings. The van der Waals surface area contributed by atoms with Gasteiger partial charge in [0.2, 0.25) is 11.8 Å². The molecule has 9 heteroatoms. The minimum atomic E-state index is -1.00. The van der Waals surface area contributed by atoms with Crippen molar-refractivity contribution in [3.05, 3.63) is 0 Å². The van der Waals surface area contributed by atoms with Crippen molar-refractivity contribution < 1.29 is 29.0 Å². The number of carboxylic acid groups (broad SMARTS) is 1. The van der Waals surface area contributed by atoms with Crippen LogP contribution in [0.25, 0.3) is 0 Å².